The third kappa shape index (κ3) is 4.45. The summed E-state index contributed by atoms with van der Waals surface area (Å²) in [4.78, 5) is 14.6. The minimum atomic E-state index is -3.75. The Balaban J connectivity index is 1.68. The van der Waals surface area contributed by atoms with Gasteiger partial charge in [0, 0.05) is 28.8 Å². The number of ether oxygens (including phenoxy) is 1. The fourth-order valence-electron chi connectivity index (χ4n) is 3.94. The van der Waals surface area contributed by atoms with E-state index in [-0.39, 0.29) is 47.3 Å². The molecule has 178 valence electrons. The number of hydrogen-bond donors (Lipinski definition) is 1. The van der Waals surface area contributed by atoms with Gasteiger partial charge < -0.3 is 15.4 Å². The maximum atomic E-state index is 15.1. The van der Waals surface area contributed by atoms with Crippen LogP contribution in [-0.4, -0.2) is 48.3 Å². The molecule has 1 aliphatic heterocycles. The smallest absolute Gasteiger partial charge is 0.254 e. The number of carbonyl (C=O) groups excluding carboxylic acids is 1. The molecule has 0 atom stereocenters. The van der Waals surface area contributed by atoms with E-state index in [1.165, 1.54) is 19.1 Å². The molecule has 0 radical (unpaired) electrons. The van der Waals surface area contributed by atoms with Crippen LogP contribution in [0.2, 0.25) is 0 Å². The van der Waals surface area contributed by atoms with Crippen LogP contribution < -0.4 is 10.5 Å². The summed E-state index contributed by atoms with van der Waals surface area (Å²) in [6.07, 6.45) is 0.181. The fraction of sp³-hybridized carbons (Fsp3) is 0.292. The van der Waals surface area contributed by atoms with Crippen LogP contribution in [0.3, 0.4) is 0 Å². The topological polar surface area (TPSA) is 115 Å². The SMILES string of the molecule is CCc1c(C(=O)N2CCOc3ccc(-c4ccc(N)nn4)cc3C2)ccc(S(=O)(=O)CC)c1F. The highest BCUT2D eigenvalue weighted by Crippen LogP contribution is 2.30. The molecule has 0 saturated carbocycles. The molecule has 2 aromatic carbocycles. The number of amides is 1. The first-order valence-electron chi connectivity index (χ1n) is 10.9. The molecule has 0 spiro atoms. The molecule has 3 aromatic rings. The van der Waals surface area contributed by atoms with Crippen LogP contribution >= 0.6 is 0 Å². The molecule has 1 amide bonds. The summed E-state index contributed by atoms with van der Waals surface area (Å²) < 4.78 is 45.5. The molecule has 2 heterocycles. The van der Waals surface area contributed by atoms with Gasteiger partial charge in [0.15, 0.2) is 9.84 Å². The van der Waals surface area contributed by atoms with Crippen LogP contribution in [0.15, 0.2) is 47.4 Å². The monoisotopic (exact) mass is 484 g/mol. The van der Waals surface area contributed by atoms with E-state index in [1.807, 2.05) is 18.2 Å². The Morgan fingerprint density at radius 2 is 1.94 bits per heavy atom. The number of sulfone groups is 1. The summed E-state index contributed by atoms with van der Waals surface area (Å²) in [6.45, 7) is 3.96. The van der Waals surface area contributed by atoms with E-state index < -0.39 is 15.7 Å². The van der Waals surface area contributed by atoms with Gasteiger partial charge >= 0.3 is 0 Å². The number of nitrogens with two attached hydrogens (primary N) is 1. The number of carbonyl (C=O) groups is 1. The lowest BCUT2D eigenvalue weighted by molar-refractivity contribution is 0.0731. The van der Waals surface area contributed by atoms with Gasteiger partial charge in [0.1, 0.15) is 28.9 Å². The Hall–Kier alpha value is -3.53. The molecule has 0 unspecified atom stereocenters. The van der Waals surface area contributed by atoms with Crippen molar-refractivity contribution < 1.29 is 22.3 Å². The summed E-state index contributed by atoms with van der Waals surface area (Å²) in [6, 6.07) is 11.5. The van der Waals surface area contributed by atoms with Crippen molar-refractivity contribution in [2.45, 2.75) is 31.7 Å². The molecule has 0 aliphatic carbocycles. The van der Waals surface area contributed by atoms with Crippen molar-refractivity contribution >= 4 is 21.6 Å². The summed E-state index contributed by atoms with van der Waals surface area (Å²) in [7, 11) is -3.75. The Bertz CT molecular complexity index is 1340. The zero-order chi connectivity index (χ0) is 24.5. The summed E-state index contributed by atoms with van der Waals surface area (Å²) in [5.74, 6) is -0.498. The molecular weight excluding hydrogens is 459 g/mol. The number of halogens is 1. The molecule has 2 N–H and O–H groups in total. The van der Waals surface area contributed by atoms with E-state index >= 15 is 4.39 Å². The average Bonchev–Trinajstić information content (AvgIpc) is 3.05. The minimum absolute atomic E-state index is 0.0933. The number of nitrogen functional groups attached to an aromatic ring is 1. The number of hydrogen-bond acceptors (Lipinski definition) is 7. The molecule has 0 bridgehead atoms. The van der Waals surface area contributed by atoms with Crippen molar-refractivity contribution in [1.29, 1.82) is 0 Å². The van der Waals surface area contributed by atoms with Gasteiger partial charge in [0.05, 0.1) is 18.0 Å². The maximum Gasteiger partial charge on any atom is 0.254 e. The molecule has 34 heavy (non-hydrogen) atoms. The Labute approximate surface area is 197 Å². The first kappa shape index (κ1) is 23.6. The van der Waals surface area contributed by atoms with Gasteiger partial charge in [-0.15, -0.1) is 10.2 Å². The molecule has 10 heteroatoms. The van der Waals surface area contributed by atoms with Crippen LogP contribution in [0, 0.1) is 5.82 Å². The molecular formula is C24H25FN4O4S. The second kappa shape index (κ2) is 9.38. The van der Waals surface area contributed by atoms with Crippen molar-refractivity contribution in [2.75, 3.05) is 24.6 Å². The zero-order valence-corrected chi connectivity index (χ0v) is 19.7. The molecule has 0 saturated heterocycles. The van der Waals surface area contributed by atoms with Gasteiger partial charge in [-0.1, -0.05) is 13.8 Å². The standard InChI is InChI=1S/C24H25FN4O4S/c1-3-17-18(6-9-21(23(17)25)34(31,32)4-2)24(30)29-11-12-33-20-8-5-15(13-16(20)14-29)19-7-10-22(26)28-27-19/h5-10,13H,3-4,11-12,14H2,1-2H3,(H2,26,28). The van der Waals surface area contributed by atoms with Crippen LogP contribution in [0.1, 0.15) is 35.3 Å². The van der Waals surface area contributed by atoms with E-state index in [2.05, 4.69) is 10.2 Å². The number of nitrogens with zero attached hydrogens (tertiary/aromatic N) is 3. The number of aromatic nitrogens is 2. The van der Waals surface area contributed by atoms with Gasteiger partial charge in [-0.2, -0.15) is 0 Å². The predicted octanol–water partition coefficient (Wildman–Crippen LogP) is 3.26. The molecule has 4 rings (SSSR count). The molecule has 8 nitrogen and oxygen atoms in total. The Morgan fingerprint density at radius 1 is 1.15 bits per heavy atom. The number of benzene rings is 2. The predicted molar refractivity (Wildman–Crippen MR) is 126 cm³/mol. The van der Waals surface area contributed by atoms with Gasteiger partial charge in [-0.05, 0) is 48.9 Å². The largest absolute Gasteiger partial charge is 0.491 e. The Morgan fingerprint density at radius 3 is 2.62 bits per heavy atom. The average molecular weight is 485 g/mol. The normalized spacial score (nSPS) is 13.7. The number of rotatable bonds is 5. The Kier molecular flexibility index (Phi) is 6.52. The lowest BCUT2D eigenvalue weighted by atomic mass is 10.0. The van der Waals surface area contributed by atoms with Crippen LogP contribution in [0.5, 0.6) is 5.75 Å². The number of anilines is 1. The van der Waals surface area contributed by atoms with Crippen molar-refractivity contribution in [3.8, 4) is 17.0 Å². The lowest BCUT2D eigenvalue weighted by Crippen LogP contribution is -2.33. The molecule has 0 fully saturated rings. The van der Waals surface area contributed by atoms with Crippen LogP contribution in [-0.2, 0) is 22.8 Å². The second-order valence-electron chi connectivity index (χ2n) is 7.90. The van der Waals surface area contributed by atoms with E-state index in [4.69, 9.17) is 10.5 Å². The van der Waals surface area contributed by atoms with Gasteiger partial charge in [0.2, 0.25) is 0 Å². The fourth-order valence-corrected chi connectivity index (χ4v) is 4.92. The first-order chi connectivity index (χ1) is 16.2. The third-order valence-corrected chi connectivity index (χ3v) is 7.56. The summed E-state index contributed by atoms with van der Waals surface area (Å²) >= 11 is 0. The van der Waals surface area contributed by atoms with Crippen LogP contribution in [0.4, 0.5) is 10.2 Å². The quantitative estimate of drug-likeness (QED) is 0.591. The first-order valence-corrected chi connectivity index (χ1v) is 12.6. The van der Waals surface area contributed by atoms with E-state index in [0.717, 1.165) is 11.1 Å². The van der Waals surface area contributed by atoms with Gasteiger partial charge in [0.25, 0.3) is 5.91 Å². The van der Waals surface area contributed by atoms with Crippen molar-refractivity contribution in [3.05, 3.63) is 65.0 Å². The maximum absolute atomic E-state index is 15.1. The van der Waals surface area contributed by atoms with E-state index in [0.29, 0.717) is 23.8 Å². The lowest BCUT2D eigenvalue weighted by Gasteiger charge is -2.22. The molecule has 1 aromatic heterocycles. The highest BCUT2D eigenvalue weighted by atomic mass is 32.2. The van der Waals surface area contributed by atoms with Crippen molar-refractivity contribution in [3.63, 3.8) is 0 Å². The second-order valence-corrected chi connectivity index (χ2v) is 10.1. The van der Waals surface area contributed by atoms with Crippen molar-refractivity contribution in [1.82, 2.24) is 15.1 Å². The number of fused-ring (bicyclic) bond motifs is 1. The third-order valence-electron chi connectivity index (χ3n) is 5.82. The zero-order valence-electron chi connectivity index (χ0n) is 18.9. The van der Waals surface area contributed by atoms with Gasteiger partial charge in [-0.25, -0.2) is 12.8 Å². The highest BCUT2D eigenvalue weighted by Gasteiger charge is 2.27. The van der Waals surface area contributed by atoms with Gasteiger partial charge in [-0.3, -0.25) is 4.79 Å². The summed E-state index contributed by atoms with van der Waals surface area (Å²) in [5, 5.41) is 7.98. The van der Waals surface area contributed by atoms with Crippen LogP contribution in [0.25, 0.3) is 11.3 Å². The van der Waals surface area contributed by atoms with E-state index in [1.54, 1.807) is 24.0 Å². The highest BCUT2D eigenvalue weighted by molar-refractivity contribution is 7.91. The van der Waals surface area contributed by atoms with E-state index in [9.17, 15) is 13.2 Å². The molecule has 1 aliphatic rings. The van der Waals surface area contributed by atoms with Crippen molar-refractivity contribution in [2.24, 2.45) is 0 Å². The minimum Gasteiger partial charge on any atom is -0.491 e. The summed E-state index contributed by atoms with van der Waals surface area (Å²) in [5.41, 5.74) is 8.05.